The Morgan fingerprint density at radius 3 is 2.43 bits per heavy atom. The van der Waals surface area contributed by atoms with Crippen LogP contribution in [0.1, 0.15) is 25.5 Å². The summed E-state index contributed by atoms with van der Waals surface area (Å²) in [5.74, 6) is -0.452. The number of hydrogen-bond acceptors (Lipinski definition) is 4. The molecule has 0 heterocycles. The van der Waals surface area contributed by atoms with Gasteiger partial charge in [0, 0.05) is 0 Å². The highest BCUT2D eigenvalue weighted by molar-refractivity contribution is 5.74. The van der Waals surface area contributed by atoms with Gasteiger partial charge in [0.1, 0.15) is 11.9 Å². The lowest BCUT2D eigenvalue weighted by molar-refractivity contribution is -0.160. The number of alkyl halides is 2. The van der Waals surface area contributed by atoms with Crippen molar-refractivity contribution in [2.24, 2.45) is 0 Å². The second kappa shape index (κ2) is 8.36. The second-order valence-corrected chi connectivity index (χ2v) is 4.29. The zero-order valence-corrected chi connectivity index (χ0v) is 11.9. The molecule has 21 heavy (non-hydrogen) atoms. The zero-order chi connectivity index (χ0) is 15.8. The maximum absolute atomic E-state index is 12.0. The summed E-state index contributed by atoms with van der Waals surface area (Å²) >= 11 is 0. The Kier molecular flexibility index (Phi) is 6.81. The Balaban J connectivity index is 2.56. The van der Waals surface area contributed by atoms with E-state index in [9.17, 15) is 13.6 Å². The molecule has 1 rings (SSSR count). The maximum atomic E-state index is 12.0. The maximum Gasteiger partial charge on any atom is 0.387 e. The van der Waals surface area contributed by atoms with Crippen molar-refractivity contribution in [2.75, 3.05) is 6.61 Å². The number of rotatable bonds is 8. The van der Waals surface area contributed by atoms with Crippen LogP contribution in [0, 0.1) is 0 Å². The van der Waals surface area contributed by atoms with Crippen LogP contribution in [0.15, 0.2) is 36.9 Å². The van der Waals surface area contributed by atoms with E-state index in [1.807, 2.05) is 0 Å². The lowest BCUT2D eigenvalue weighted by Crippen LogP contribution is -2.24. The first-order chi connectivity index (χ1) is 9.93. The van der Waals surface area contributed by atoms with E-state index in [4.69, 9.17) is 9.47 Å². The van der Waals surface area contributed by atoms with Gasteiger partial charge in [0.15, 0.2) is 6.10 Å². The summed E-state index contributed by atoms with van der Waals surface area (Å²) in [5.41, 5.74) is 0.667. The van der Waals surface area contributed by atoms with Crippen LogP contribution < -0.4 is 4.74 Å². The average molecular weight is 300 g/mol. The molecule has 0 aliphatic heterocycles. The van der Waals surface area contributed by atoms with Crippen molar-refractivity contribution in [3.8, 4) is 5.75 Å². The molecule has 0 saturated carbocycles. The zero-order valence-electron chi connectivity index (χ0n) is 11.9. The van der Waals surface area contributed by atoms with Crippen LogP contribution in [0.3, 0.4) is 0 Å². The molecule has 0 fully saturated rings. The highest BCUT2D eigenvalue weighted by Crippen LogP contribution is 2.22. The molecule has 0 aliphatic carbocycles. The summed E-state index contributed by atoms with van der Waals surface area (Å²) in [6.07, 6.45) is 0.314. The standard InChI is InChI=1S/C15H18F2O4/c1-4-9-19-11(3)14(18)20-10(2)12-5-7-13(8-6-12)21-15(16)17/h4-8,10-11,15H,1,9H2,2-3H3. The first kappa shape index (κ1) is 17.1. The smallest absolute Gasteiger partial charge is 0.387 e. The first-order valence-corrected chi connectivity index (χ1v) is 6.41. The Labute approximate surface area is 122 Å². The quantitative estimate of drug-likeness (QED) is 0.544. The van der Waals surface area contributed by atoms with Crippen molar-refractivity contribution in [1.82, 2.24) is 0 Å². The van der Waals surface area contributed by atoms with Crippen molar-refractivity contribution in [2.45, 2.75) is 32.7 Å². The van der Waals surface area contributed by atoms with E-state index in [1.54, 1.807) is 26.0 Å². The topological polar surface area (TPSA) is 44.8 Å². The third kappa shape index (κ3) is 5.91. The number of ether oxygens (including phenoxy) is 3. The average Bonchev–Trinajstić information content (AvgIpc) is 2.44. The predicted octanol–water partition coefficient (Wildman–Crippen LogP) is 3.48. The minimum atomic E-state index is -2.87. The number of hydrogen-bond donors (Lipinski definition) is 0. The largest absolute Gasteiger partial charge is 0.456 e. The van der Waals surface area contributed by atoms with E-state index in [2.05, 4.69) is 11.3 Å². The molecular formula is C15H18F2O4. The lowest BCUT2D eigenvalue weighted by Gasteiger charge is -2.17. The van der Waals surface area contributed by atoms with Crippen LogP contribution in [0.25, 0.3) is 0 Å². The molecule has 0 radical (unpaired) electrons. The number of carbonyl (C=O) groups is 1. The molecule has 0 aliphatic rings. The fourth-order valence-electron chi connectivity index (χ4n) is 1.54. The summed E-state index contributed by atoms with van der Waals surface area (Å²) in [4.78, 5) is 11.7. The van der Waals surface area contributed by atoms with Crippen molar-refractivity contribution >= 4 is 5.97 Å². The minimum Gasteiger partial charge on any atom is -0.456 e. The van der Waals surface area contributed by atoms with Crippen LogP contribution in [0.4, 0.5) is 8.78 Å². The van der Waals surface area contributed by atoms with E-state index < -0.39 is 24.8 Å². The van der Waals surface area contributed by atoms with Crippen LogP contribution in [-0.4, -0.2) is 25.3 Å². The van der Waals surface area contributed by atoms with Gasteiger partial charge < -0.3 is 14.2 Å². The molecule has 0 saturated heterocycles. The van der Waals surface area contributed by atoms with Crippen molar-refractivity contribution in [3.05, 3.63) is 42.5 Å². The van der Waals surface area contributed by atoms with E-state index in [0.29, 0.717) is 5.56 Å². The normalized spacial score (nSPS) is 13.6. The molecule has 1 aromatic rings. The van der Waals surface area contributed by atoms with Gasteiger partial charge >= 0.3 is 12.6 Å². The number of carbonyl (C=O) groups excluding carboxylic acids is 1. The second-order valence-electron chi connectivity index (χ2n) is 4.29. The molecule has 0 amide bonds. The van der Waals surface area contributed by atoms with Crippen LogP contribution in [0.2, 0.25) is 0 Å². The van der Waals surface area contributed by atoms with Crippen molar-refractivity contribution in [3.63, 3.8) is 0 Å². The summed E-state index contributed by atoms with van der Waals surface area (Å²) in [5, 5.41) is 0. The Hall–Kier alpha value is -1.95. The molecule has 0 spiro atoms. The molecule has 2 atom stereocenters. The number of benzene rings is 1. The number of halogens is 2. The molecule has 4 nitrogen and oxygen atoms in total. The highest BCUT2D eigenvalue weighted by atomic mass is 19.3. The highest BCUT2D eigenvalue weighted by Gasteiger charge is 2.18. The minimum absolute atomic E-state index is 0.0509. The van der Waals surface area contributed by atoms with Gasteiger partial charge in [-0.1, -0.05) is 18.2 Å². The van der Waals surface area contributed by atoms with Gasteiger partial charge in [-0.25, -0.2) is 4.79 Å². The van der Waals surface area contributed by atoms with E-state index in [0.717, 1.165) is 0 Å². The van der Waals surface area contributed by atoms with Gasteiger partial charge in [-0.3, -0.25) is 0 Å². The third-order valence-corrected chi connectivity index (χ3v) is 2.66. The fourth-order valence-corrected chi connectivity index (χ4v) is 1.54. The Bertz CT molecular complexity index is 459. The summed E-state index contributed by atoms with van der Waals surface area (Å²) in [6, 6.07) is 5.91. The molecule has 0 aromatic heterocycles. The van der Waals surface area contributed by atoms with E-state index in [-0.39, 0.29) is 12.4 Å². The summed E-state index contributed by atoms with van der Waals surface area (Å²) < 4.78 is 38.7. The van der Waals surface area contributed by atoms with Gasteiger partial charge in [0.25, 0.3) is 0 Å². The van der Waals surface area contributed by atoms with Crippen LogP contribution >= 0.6 is 0 Å². The molecular weight excluding hydrogens is 282 g/mol. The van der Waals surface area contributed by atoms with E-state index in [1.165, 1.54) is 18.2 Å². The van der Waals surface area contributed by atoms with Crippen molar-refractivity contribution in [1.29, 1.82) is 0 Å². The molecule has 6 heteroatoms. The molecule has 1 aromatic carbocycles. The monoisotopic (exact) mass is 300 g/mol. The molecule has 0 bridgehead atoms. The SMILES string of the molecule is C=CCOC(C)C(=O)OC(C)c1ccc(OC(F)F)cc1. The summed E-state index contributed by atoms with van der Waals surface area (Å²) in [6.45, 7) is 4.14. The number of esters is 1. The van der Waals surface area contributed by atoms with Crippen molar-refractivity contribution < 1.29 is 27.8 Å². The predicted molar refractivity (Wildman–Crippen MR) is 73.2 cm³/mol. The lowest BCUT2D eigenvalue weighted by atomic mass is 10.1. The molecule has 0 N–H and O–H groups in total. The summed E-state index contributed by atoms with van der Waals surface area (Å²) in [7, 11) is 0. The van der Waals surface area contributed by atoms with Gasteiger partial charge in [-0.05, 0) is 31.5 Å². The first-order valence-electron chi connectivity index (χ1n) is 6.41. The Morgan fingerprint density at radius 1 is 1.29 bits per heavy atom. The van der Waals surface area contributed by atoms with E-state index >= 15 is 0 Å². The third-order valence-electron chi connectivity index (χ3n) is 2.66. The van der Waals surface area contributed by atoms with Gasteiger partial charge in [-0.2, -0.15) is 8.78 Å². The molecule has 2 unspecified atom stereocenters. The fraction of sp³-hybridized carbons (Fsp3) is 0.400. The van der Waals surface area contributed by atoms with Crippen LogP contribution in [0.5, 0.6) is 5.75 Å². The van der Waals surface area contributed by atoms with Gasteiger partial charge in [-0.15, -0.1) is 6.58 Å². The Morgan fingerprint density at radius 2 is 1.90 bits per heavy atom. The molecule has 116 valence electrons. The van der Waals surface area contributed by atoms with Gasteiger partial charge in [0.05, 0.1) is 6.61 Å². The van der Waals surface area contributed by atoms with Gasteiger partial charge in [0.2, 0.25) is 0 Å². The van der Waals surface area contributed by atoms with Crippen LogP contribution in [-0.2, 0) is 14.3 Å².